The van der Waals surface area contributed by atoms with E-state index in [1.165, 1.54) is 6.07 Å². The van der Waals surface area contributed by atoms with E-state index in [4.69, 9.17) is 23.2 Å². The zero-order valence-electron chi connectivity index (χ0n) is 9.18. The van der Waals surface area contributed by atoms with Crippen LogP contribution in [0.5, 0.6) is 0 Å². The van der Waals surface area contributed by atoms with E-state index < -0.39 is 0 Å². The van der Waals surface area contributed by atoms with Gasteiger partial charge in [0.05, 0.1) is 5.69 Å². The molecule has 0 aliphatic carbocycles. The Bertz CT molecular complexity index is 575. The Morgan fingerprint density at radius 2 is 1.89 bits per heavy atom. The molecule has 0 unspecified atom stereocenters. The normalized spacial score (nSPS) is 10.4. The summed E-state index contributed by atoms with van der Waals surface area (Å²) in [6.07, 6.45) is 0. The fraction of sp³-hybridized carbons (Fsp3) is 0.0769. The molecule has 18 heavy (non-hydrogen) atoms. The summed E-state index contributed by atoms with van der Waals surface area (Å²) in [7, 11) is 0. The van der Waals surface area contributed by atoms with Crippen molar-refractivity contribution in [1.29, 1.82) is 0 Å². The molecule has 2 aromatic carbocycles. The number of nitrogens with one attached hydrogen (secondary N) is 1. The monoisotopic (exact) mass is 347 g/mol. The summed E-state index contributed by atoms with van der Waals surface area (Å²) in [5.74, 6) is -0.381. The molecule has 0 fully saturated rings. The Morgan fingerprint density at radius 3 is 2.61 bits per heavy atom. The Labute approximate surface area is 123 Å². The van der Waals surface area contributed by atoms with E-state index in [-0.39, 0.29) is 5.82 Å². The largest absolute Gasteiger partial charge is 0.379 e. The van der Waals surface area contributed by atoms with Gasteiger partial charge in [0.1, 0.15) is 5.82 Å². The summed E-state index contributed by atoms with van der Waals surface area (Å²) in [4.78, 5) is 0. The lowest BCUT2D eigenvalue weighted by atomic mass is 10.2. The lowest BCUT2D eigenvalue weighted by molar-refractivity contribution is 0.630. The molecule has 1 N–H and O–H groups in total. The van der Waals surface area contributed by atoms with Gasteiger partial charge in [-0.15, -0.1) is 0 Å². The smallest absolute Gasteiger partial charge is 0.147 e. The van der Waals surface area contributed by atoms with Crippen LogP contribution in [0.4, 0.5) is 10.1 Å². The highest BCUT2D eigenvalue weighted by molar-refractivity contribution is 9.10. The molecule has 0 bridgehead atoms. The van der Waals surface area contributed by atoms with Crippen molar-refractivity contribution in [3.8, 4) is 0 Å². The Hall–Kier alpha value is -0.770. The van der Waals surface area contributed by atoms with Gasteiger partial charge < -0.3 is 5.32 Å². The highest BCUT2D eigenvalue weighted by atomic mass is 79.9. The molecule has 0 aliphatic rings. The number of rotatable bonds is 3. The van der Waals surface area contributed by atoms with Gasteiger partial charge in [0.2, 0.25) is 0 Å². The third-order valence-electron chi connectivity index (χ3n) is 2.41. The summed E-state index contributed by atoms with van der Waals surface area (Å²) in [5, 5.41) is 4.00. The van der Waals surface area contributed by atoms with Crippen molar-refractivity contribution in [2.24, 2.45) is 0 Å². The summed E-state index contributed by atoms with van der Waals surface area (Å²) < 4.78 is 14.5. The van der Waals surface area contributed by atoms with Crippen molar-refractivity contribution in [2.75, 3.05) is 5.32 Å². The molecule has 0 amide bonds. The second-order valence-corrected chi connectivity index (χ2v) is 5.47. The molecule has 0 aliphatic heterocycles. The SMILES string of the molecule is Fc1cc(Cl)ccc1NCc1cc(Br)ccc1Cl. The Balaban J connectivity index is 2.13. The Kier molecular flexibility index (Phi) is 4.49. The fourth-order valence-corrected chi connectivity index (χ4v) is 2.25. The van der Waals surface area contributed by atoms with Crippen molar-refractivity contribution in [2.45, 2.75) is 6.54 Å². The van der Waals surface area contributed by atoms with E-state index in [0.717, 1.165) is 10.0 Å². The standard InChI is InChI=1S/C13H9BrCl2FN/c14-9-1-3-11(16)8(5-9)7-18-13-4-2-10(15)6-12(13)17/h1-6,18H,7H2. The van der Waals surface area contributed by atoms with Gasteiger partial charge >= 0.3 is 0 Å². The lowest BCUT2D eigenvalue weighted by Gasteiger charge is -2.09. The van der Waals surface area contributed by atoms with E-state index in [2.05, 4.69) is 21.2 Å². The van der Waals surface area contributed by atoms with Gasteiger partial charge in [-0.25, -0.2) is 4.39 Å². The van der Waals surface area contributed by atoms with E-state index in [0.29, 0.717) is 22.3 Å². The topological polar surface area (TPSA) is 12.0 Å². The van der Waals surface area contributed by atoms with Crippen molar-refractivity contribution < 1.29 is 4.39 Å². The maximum Gasteiger partial charge on any atom is 0.147 e. The van der Waals surface area contributed by atoms with Crippen molar-refractivity contribution >= 4 is 44.8 Å². The molecule has 5 heteroatoms. The van der Waals surface area contributed by atoms with Crippen LogP contribution < -0.4 is 5.32 Å². The minimum atomic E-state index is -0.381. The number of benzene rings is 2. The second-order valence-electron chi connectivity index (χ2n) is 3.71. The first-order valence-corrected chi connectivity index (χ1v) is 6.74. The Morgan fingerprint density at radius 1 is 1.11 bits per heavy atom. The van der Waals surface area contributed by atoms with E-state index in [1.807, 2.05) is 12.1 Å². The van der Waals surface area contributed by atoms with Crippen LogP contribution in [0.2, 0.25) is 10.0 Å². The third-order valence-corrected chi connectivity index (χ3v) is 3.51. The van der Waals surface area contributed by atoms with Crippen molar-refractivity contribution in [3.05, 3.63) is 62.3 Å². The average molecular weight is 349 g/mol. The predicted molar refractivity (Wildman–Crippen MR) is 77.9 cm³/mol. The molecule has 0 saturated heterocycles. The van der Waals surface area contributed by atoms with E-state index in [9.17, 15) is 4.39 Å². The molecule has 0 aromatic heterocycles. The molecule has 2 rings (SSSR count). The van der Waals surface area contributed by atoms with Crippen LogP contribution in [0.1, 0.15) is 5.56 Å². The first-order chi connectivity index (χ1) is 8.56. The van der Waals surface area contributed by atoms with E-state index >= 15 is 0 Å². The van der Waals surface area contributed by atoms with Gasteiger partial charge in [0.25, 0.3) is 0 Å². The second kappa shape index (κ2) is 5.91. The van der Waals surface area contributed by atoms with Crippen LogP contribution in [-0.2, 0) is 6.54 Å². The van der Waals surface area contributed by atoms with Gasteiger partial charge in [0.15, 0.2) is 0 Å². The highest BCUT2D eigenvalue weighted by Gasteiger charge is 2.05. The zero-order valence-corrected chi connectivity index (χ0v) is 12.3. The van der Waals surface area contributed by atoms with Gasteiger partial charge in [-0.1, -0.05) is 39.1 Å². The summed E-state index contributed by atoms with van der Waals surface area (Å²) in [6, 6.07) is 10.0. The van der Waals surface area contributed by atoms with Gasteiger partial charge in [-0.05, 0) is 42.0 Å². The van der Waals surface area contributed by atoms with Crippen LogP contribution in [0.3, 0.4) is 0 Å². The molecule has 94 valence electrons. The number of hydrogen-bond acceptors (Lipinski definition) is 1. The van der Waals surface area contributed by atoms with Gasteiger partial charge in [-0.3, -0.25) is 0 Å². The highest BCUT2D eigenvalue weighted by Crippen LogP contribution is 2.24. The first kappa shape index (κ1) is 13.7. The predicted octanol–water partition coefficient (Wildman–Crippen LogP) is 5.51. The average Bonchev–Trinajstić information content (AvgIpc) is 2.32. The van der Waals surface area contributed by atoms with Gasteiger partial charge in [0, 0.05) is 21.1 Å². The van der Waals surface area contributed by atoms with Crippen molar-refractivity contribution in [3.63, 3.8) is 0 Å². The zero-order chi connectivity index (χ0) is 13.1. The fourth-order valence-electron chi connectivity index (χ4n) is 1.50. The third kappa shape index (κ3) is 3.37. The molecule has 0 radical (unpaired) electrons. The van der Waals surface area contributed by atoms with Crippen molar-refractivity contribution in [1.82, 2.24) is 0 Å². The summed E-state index contributed by atoms with van der Waals surface area (Å²) in [6.45, 7) is 0.441. The molecule has 0 heterocycles. The maximum absolute atomic E-state index is 13.5. The van der Waals surface area contributed by atoms with Crippen LogP contribution in [0.25, 0.3) is 0 Å². The molecule has 0 atom stereocenters. The van der Waals surface area contributed by atoms with Crippen LogP contribution in [-0.4, -0.2) is 0 Å². The molecular weight excluding hydrogens is 340 g/mol. The molecule has 0 spiro atoms. The van der Waals surface area contributed by atoms with Crippen LogP contribution in [0.15, 0.2) is 40.9 Å². The summed E-state index contributed by atoms with van der Waals surface area (Å²) in [5.41, 5.74) is 1.29. The van der Waals surface area contributed by atoms with Crippen LogP contribution in [0, 0.1) is 5.82 Å². The minimum Gasteiger partial charge on any atom is -0.379 e. The number of halogens is 4. The first-order valence-electron chi connectivity index (χ1n) is 5.19. The minimum absolute atomic E-state index is 0.374. The maximum atomic E-state index is 13.5. The molecule has 2 aromatic rings. The quantitative estimate of drug-likeness (QED) is 0.771. The molecular formula is C13H9BrCl2FN. The molecule has 0 saturated carbocycles. The molecule has 1 nitrogen and oxygen atoms in total. The number of hydrogen-bond donors (Lipinski definition) is 1. The summed E-state index contributed by atoms with van der Waals surface area (Å²) >= 11 is 15.1. The lowest BCUT2D eigenvalue weighted by Crippen LogP contribution is -2.02. The van der Waals surface area contributed by atoms with E-state index in [1.54, 1.807) is 18.2 Å². The number of anilines is 1. The van der Waals surface area contributed by atoms with Gasteiger partial charge in [-0.2, -0.15) is 0 Å². The van der Waals surface area contributed by atoms with Crippen LogP contribution >= 0.6 is 39.1 Å².